The van der Waals surface area contributed by atoms with E-state index in [1.165, 1.54) is 22.1 Å². The van der Waals surface area contributed by atoms with Gasteiger partial charge in [-0.3, -0.25) is 14.7 Å². The van der Waals surface area contributed by atoms with Gasteiger partial charge in [-0.05, 0) is 18.2 Å². The standard InChI is InChI=1S/C12H8N2O3S/c15-10-8(5-7-3-1-2-4-13-7)11-14(10)9(6-18-11)12(16)17/h1-6,11H,(H,16,17)/t11-/m1/s1. The van der Waals surface area contributed by atoms with Crippen LogP contribution in [-0.2, 0) is 9.59 Å². The summed E-state index contributed by atoms with van der Waals surface area (Å²) < 4.78 is 0. The normalized spacial score (nSPS) is 23.7. The molecule has 6 heteroatoms. The number of thioether (sulfide) groups is 1. The molecule has 0 unspecified atom stereocenters. The number of carboxylic acid groups (broad SMARTS) is 1. The number of carbonyl (C=O) groups excluding carboxylic acids is 1. The minimum Gasteiger partial charge on any atom is -0.477 e. The highest BCUT2D eigenvalue weighted by molar-refractivity contribution is 8.03. The molecule has 0 bridgehead atoms. The molecule has 1 N–H and O–H groups in total. The van der Waals surface area contributed by atoms with Crippen molar-refractivity contribution >= 4 is 29.7 Å². The molecule has 5 nitrogen and oxygen atoms in total. The van der Waals surface area contributed by atoms with Gasteiger partial charge >= 0.3 is 5.97 Å². The fourth-order valence-electron chi connectivity index (χ4n) is 1.89. The van der Waals surface area contributed by atoms with Gasteiger partial charge in [-0.2, -0.15) is 0 Å². The molecule has 3 heterocycles. The van der Waals surface area contributed by atoms with Gasteiger partial charge in [0.25, 0.3) is 5.91 Å². The molecule has 18 heavy (non-hydrogen) atoms. The van der Waals surface area contributed by atoms with Crippen LogP contribution < -0.4 is 0 Å². The molecular formula is C12H8N2O3S. The largest absolute Gasteiger partial charge is 0.477 e. The van der Waals surface area contributed by atoms with Gasteiger partial charge < -0.3 is 5.11 Å². The molecule has 1 amide bonds. The lowest BCUT2D eigenvalue weighted by Gasteiger charge is -2.37. The maximum Gasteiger partial charge on any atom is 0.353 e. The summed E-state index contributed by atoms with van der Waals surface area (Å²) in [6.07, 6.45) is 3.35. The van der Waals surface area contributed by atoms with E-state index in [4.69, 9.17) is 5.11 Å². The summed E-state index contributed by atoms with van der Waals surface area (Å²) in [4.78, 5) is 28.2. The van der Waals surface area contributed by atoms with Crippen LogP contribution in [0.4, 0.5) is 0 Å². The second-order valence-electron chi connectivity index (χ2n) is 3.83. The van der Waals surface area contributed by atoms with Crippen LogP contribution in [0.1, 0.15) is 5.69 Å². The van der Waals surface area contributed by atoms with E-state index < -0.39 is 5.97 Å². The first-order valence-corrected chi connectivity index (χ1v) is 6.18. The highest BCUT2D eigenvalue weighted by atomic mass is 32.2. The molecule has 2 aliphatic rings. The monoisotopic (exact) mass is 260 g/mol. The number of pyridine rings is 1. The van der Waals surface area contributed by atoms with E-state index in [2.05, 4.69) is 4.98 Å². The van der Waals surface area contributed by atoms with Crippen molar-refractivity contribution in [1.29, 1.82) is 0 Å². The van der Waals surface area contributed by atoms with Crippen molar-refractivity contribution in [3.05, 3.63) is 46.8 Å². The summed E-state index contributed by atoms with van der Waals surface area (Å²) >= 11 is 1.33. The first kappa shape index (κ1) is 11.0. The topological polar surface area (TPSA) is 70.5 Å². The van der Waals surface area contributed by atoms with Crippen LogP contribution in [0.15, 0.2) is 41.1 Å². The smallest absolute Gasteiger partial charge is 0.353 e. The molecule has 1 aromatic heterocycles. The second kappa shape index (κ2) is 3.99. The van der Waals surface area contributed by atoms with E-state index in [1.54, 1.807) is 24.4 Å². The fraction of sp³-hybridized carbons (Fsp3) is 0.0833. The van der Waals surface area contributed by atoms with Crippen LogP contribution in [0.3, 0.4) is 0 Å². The van der Waals surface area contributed by atoms with Gasteiger partial charge in [0.05, 0.1) is 11.3 Å². The van der Waals surface area contributed by atoms with E-state index in [-0.39, 0.29) is 17.0 Å². The highest BCUT2D eigenvalue weighted by Crippen LogP contribution is 2.44. The molecule has 1 saturated heterocycles. The summed E-state index contributed by atoms with van der Waals surface area (Å²) in [6.45, 7) is 0. The van der Waals surface area contributed by atoms with Crippen molar-refractivity contribution in [2.45, 2.75) is 5.37 Å². The third-order valence-corrected chi connectivity index (χ3v) is 3.83. The first-order valence-electron chi connectivity index (χ1n) is 5.23. The van der Waals surface area contributed by atoms with Crippen molar-refractivity contribution in [1.82, 2.24) is 9.88 Å². The number of carboxylic acids is 1. The minimum absolute atomic E-state index is 0.0492. The maximum absolute atomic E-state index is 11.9. The SMILES string of the molecule is O=C(O)C1=CS[C@@H]2C(=Cc3ccccn3)C(=O)N12. The predicted molar refractivity (Wildman–Crippen MR) is 66.2 cm³/mol. The number of aromatic nitrogens is 1. The van der Waals surface area contributed by atoms with Crippen molar-refractivity contribution in [2.75, 3.05) is 0 Å². The molecule has 1 aromatic rings. The summed E-state index contributed by atoms with van der Waals surface area (Å²) in [7, 11) is 0. The van der Waals surface area contributed by atoms with Gasteiger partial charge in [-0.15, -0.1) is 11.8 Å². The third kappa shape index (κ3) is 1.53. The number of rotatable bonds is 2. The summed E-state index contributed by atoms with van der Waals surface area (Å²) in [5.74, 6) is -1.33. The van der Waals surface area contributed by atoms with Crippen molar-refractivity contribution in [3.8, 4) is 0 Å². The van der Waals surface area contributed by atoms with Crippen LogP contribution in [0.5, 0.6) is 0 Å². The molecule has 90 valence electrons. The molecule has 0 radical (unpaired) electrons. The Morgan fingerprint density at radius 2 is 2.33 bits per heavy atom. The summed E-state index contributed by atoms with van der Waals surface area (Å²) in [5, 5.41) is 10.2. The Hall–Kier alpha value is -2.08. The molecule has 2 aliphatic heterocycles. The van der Waals surface area contributed by atoms with Crippen LogP contribution in [0, 0.1) is 0 Å². The fourth-order valence-corrected chi connectivity index (χ4v) is 3.01. The average Bonchev–Trinajstić information content (AvgIpc) is 2.77. The molecule has 1 fully saturated rings. The van der Waals surface area contributed by atoms with Crippen molar-refractivity contribution < 1.29 is 14.7 Å². The molecular weight excluding hydrogens is 252 g/mol. The molecule has 3 rings (SSSR count). The predicted octanol–water partition coefficient (Wildman–Crippen LogP) is 1.31. The number of nitrogens with zero attached hydrogens (tertiary/aromatic N) is 2. The lowest BCUT2D eigenvalue weighted by Crippen LogP contribution is -2.51. The molecule has 1 atom stereocenters. The van der Waals surface area contributed by atoms with Gasteiger partial charge in [0, 0.05) is 11.6 Å². The van der Waals surface area contributed by atoms with Gasteiger partial charge in [0.15, 0.2) is 0 Å². The second-order valence-corrected chi connectivity index (χ2v) is 4.78. The number of β-lactam (4-membered cyclic amide) rings is 1. The summed E-state index contributed by atoms with van der Waals surface area (Å²) in [6, 6.07) is 5.43. The van der Waals surface area contributed by atoms with Gasteiger partial charge in [0.2, 0.25) is 0 Å². The number of aliphatic carboxylic acids is 1. The molecule has 0 aromatic carbocycles. The van der Waals surface area contributed by atoms with Crippen LogP contribution in [0.25, 0.3) is 6.08 Å². The Bertz CT molecular complexity index is 595. The molecule has 0 saturated carbocycles. The van der Waals surface area contributed by atoms with E-state index in [9.17, 15) is 9.59 Å². The van der Waals surface area contributed by atoms with E-state index >= 15 is 0 Å². The number of hydrogen-bond acceptors (Lipinski definition) is 4. The Balaban J connectivity index is 1.87. The average molecular weight is 260 g/mol. The Labute approximate surface area is 107 Å². The molecule has 0 spiro atoms. The van der Waals surface area contributed by atoms with Gasteiger partial charge in [0.1, 0.15) is 11.1 Å². The Kier molecular flexibility index (Phi) is 2.45. The number of carbonyl (C=O) groups is 2. The zero-order chi connectivity index (χ0) is 12.7. The van der Waals surface area contributed by atoms with Crippen LogP contribution in [-0.4, -0.2) is 32.2 Å². The minimum atomic E-state index is -1.07. The first-order chi connectivity index (χ1) is 8.68. The lowest BCUT2D eigenvalue weighted by atomic mass is 10.0. The van der Waals surface area contributed by atoms with Gasteiger partial charge in [-0.1, -0.05) is 6.07 Å². The number of fused-ring (bicyclic) bond motifs is 1. The van der Waals surface area contributed by atoms with Crippen LogP contribution >= 0.6 is 11.8 Å². The van der Waals surface area contributed by atoms with E-state index in [0.717, 1.165) is 0 Å². The Morgan fingerprint density at radius 1 is 1.50 bits per heavy atom. The lowest BCUT2D eigenvalue weighted by molar-refractivity contribution is -0.141. The van der Waals surface area contributed by atoms with Crippen molar-refractivity contribution in [3.63, 3.8) is 0 Å². The Morgan fingerprint density at radius 3 is 3.00 bits per heavy atom. The zero-order valence-corrected chi connectivity index (χ0v) is 9.92. The zero-order valence-electron chi connectivity index (χ0n) is 9.11. The van der Waals surface area contributed by atoms with Gasteiger partial charge in [-0.25, -0.2) is 4.79 Å². The van der Waals surface area contributed by atoms with Crippen LogP contribution in [0.2, 0.25) is 0 Å². The summed E-state index contributed by atoms with van der Waals surface area (Å²) in [5.41, 5.74) is 1.34. The van der Waals surface area contributed by atoms with Crippen molar-refractivity contribution in [2.24, 2.45) is 0 Å². The van der Waals surface area contributed by atoms with E-state index in [1.807, 2.05) is 6.07 Å². The number of amides is 1. The molecule has 0 aliphatic carbocycles. The maximum atomic E-state index is 11.9. The van der Waals surface area contributed by atoms with E-state index in [0.29, 0.717) is 11.3 Å². The quantitative estimate of drug-likeness (QED) is 0.641. The number of hydrogen-bond donors (Lipinski definition) is 1. The third-order valence-electron chi connectivity index (χ3n) is 2.74. The highest BCUT2D eigenvalue weighted by Gasteiger charge is 2.49.